The van der Waals surface area contributed by atoms with Crippen molar-refractivity contribution in [2.75, 3.05) is 0 Å². The first-order chi connectivity index (χ1) is 8.25. The third kappa shape index (κ3) is 3.32. The van der Waals surface area contributed by atoms with Gasteiger partial charge in [0.1, 0.15) is 0 Å². The molecule has 0 unspecified atom stereocenters. The first kappa shape index (κ1) is 11.7. The second-order valence-corrected chi connectivity index (χ2v) is 4.57. The maximum absolute atomic E-state index is 2.22. The van der Waals surface area contributed by atoms with E-state index in [0.717, 1.165) is 0 Å². The van der Waals surface area contributed by atoms with E-state index in [1.165, 1.54) is 16.7 Å². The van der Waals surface area contributed by atoms with Gasteiger partial charge in [-0.2, -0.15) is 0 Å². The summed E-state index contributed by atoms with van der Waals surface area (Å²) in [5.74, 6) is 0.599. The summed E-state index contributed by atoms with van der Waals surface area (Å²) in [4.78, 5) is 0. The lowest BCUT2D eigenvalue weighted by Crippen LogP contribution is -1.85. The number of benzene rings is 2. The number of rotatable bonds is 3. The molecule has 0 spiro atoms. The molecule has 0 bridgehead atoms. The van der Waals surface area contributed by atoms with Crippen molar-refractivity contribution in [2.24, 2.45) is 0 Å². The fourth-order valence-corrected chi connectivity index (χ4v) is 1.75. The highest BCUT2D eigenvalue weighted by Gasteiger charge is 1.96. The average molecular weight is 222 g/mol. The van der Waals surface area contributed by atoms with Crippen LogP contribution in [0.5, 0.6) is 0 Å². The van der Waals surface area contributed by atoms with Crippen molar-refractivity contribution >= 4 is 12.2 Å². The largest absolute Gasteiger partial charge is 0.0622 e. The first-order valence-corrected chi connectivity index (χ1v) is 6.09. The Balaban J connectivity index is 2.12. The SMILES string of the molecule is CC(C)c1ccc(C=Cc2ccccc2)cc1. The van der Waals surface area contributed by atoms with E-state index in [4.69, 9.17) is 0 Å². The molecule has 0 saturated heterocycles. The van der Waals surface area contributed by atoms with Gasteiger partial charge in [0.15, 0.2) is 0 Å². The second-order valence-electron chi connectivity index (χ2n) is 4.57. The Labute approximate surface area is 104 Å². The van der Waals surface area contributed by atoms with E-state index in [-0.39, 0.29) is 0 Å². The zero-order chi connectivity index (χ0) is 12.1. The van der Waals surface area contributed by atoms with Crippen molar-refractivity contribution in [3.8, 4) is 0 Å². The van der Waals surface area contributed by atoms with Crippen LogP contribution >= 0.6 is 0 Å². The Morgan fingerprint density at radius 3 is 1.76 bits per heavy atom. The van der Waals surface area contributed by atoms with E-state index in [2.05, 4.69) is 74.5 Å². The van der Waals surface area contributed by atoms with Gasteiger partial charge in [-0.05, 0) is 22.6 Å². The van der Waals surface area contributed by atoms with Crippen LogP contribution in [0.4, 0.5) is 0 Å². The molecule has 86 valence electrons. The maximum atomic E-state index is 2.22. The van der Waals surface area contributed by atoms with Crippen LogP contribution in [0.2, 0.25) is 0 Å². The molecular formula is C17H18. The van der Waals surface area contributed by atoms with Crippen molar-refractivity contribution in [2.45, 2.75) is 19.8 Å². The van der Waals surface area contributed by atoms with Gasteiger partial charge in [-0.1, -0.05) is 80.6 Å². The molecule has 0 heterocycles. The smallest absolute Gasteiger partial charge is 0.0219 e. The van der Waals surface area contributed by atoms with Crippen molar-refractivity contribution in [3.05, 3.63) is 71.3 Å². The number of hydrogen-bond donors (Lipinski definition) is 0. The van der Waals surface area contributed by atoms with Gasteiger partial charge in [-0.15, -0.1) is 0 Å². The van der Waals surface area contributed by atoms with Crippen LogP contribution in [-0.2, 0) is 0 Å². The Bertz CT molecular complexity index is 475. The van der Waals surface area contributed by atoms with E-state index in [1.807, 2.05) is 6.07 Å². The molecule has 0 radical (unpaired) electrons. The zero-order valence-corrected chi connectivity index (χ0v) is 10.4. The Kier molecular flexibility index (Phi) is 3.77. The van der Waals surface area contributed by atoms with Gasteiger partial charge in [0.05, 0.1) is 0 Å². The van der Waals surface area contributed by atoms with Crippen molar-refractivity contribution in [1.82, 2.24) is 0 Å². The van der Waals surface area contributed by atoms with Crippen LogP contribution in [0.3, 0.4) is 0 Å². The third-order valence-corrected chi connectivity index (χ3v) is 2.87. The van der Waals surface area contributed by atoms with Gasteiger partial charge in [0.2, 0.25) is 0 Å². The first-order valence-electron chi connectivity index (χ1n) is 6.09. The monoisotopic (exact) mass is 222 g/mol. The lowest BCUT2D eigenvalue weighted by Gasteiger charge is -2.04. The van der Waals surface area contributed by atoms with Gasteiger partial charge < -0.3 is 0 Å². The minimum Gasteiger partial charge on any atom is -0.0622 e. The maximum Gasteiger partial charge on any atom is -0.0219 e. The molecule has 0 aliphatic heterocycles. The van der Waals surface area contributed by atoms with Crippen molar-refractivity contribution in [3.63, 3.8) is 0 Å². The molecule has 0 N–H and O–H groups in total. The molecule has 17 heavy (non-hydrogen) atoms. The van der Waals surface area contributed by atoms with Gasteiger partial charge >= 0.3 is 0 Å². The normalized spacial score (nSPS) is 11.2. The summed E-state index contributed by atoms with van der Waals surface area (Å²) in [5.41, 5.74) is 3.88. The summed E-state index contributed by atoms with van der Waals surface area (Å²) >= 11 is 0. The highest BCUT2D eigenvalue weighted by atomic mass is 14.0. The highest BCUT2D eigenvalue weighted by Crippen LogP contribution is 2.16. The van der Waals surface area contributed by atoms with E-state index in [9.17, 15) is 0 Å². The van der Waals surface area contributed by atoms with Crippen molar-refractivity contribution in [1.29, 1.82) is 0 Å². The Morgan fingerprint density at radius 1 is 0.706 bits per heavy atom. The van der Waals surface area contributed by atoms with Gasteiger partial charge in [-0.25, -0.2) is 0 Å². The highest BCUT2D eigenvalue weighted by molar-refractivity contribution is 5.69. The summed E-state index contributed by atoms with van der Waals surface area (Å²) in [6.45, 7) is 4.43. The van der Waals surface area contributed by atoms with Crippen LogP contribution in [-0.4, -0.2) is 0 Å². The molecule has 0 nitrogen and oxygen atoms in total. The van der Waals surface area contributed by atoms with Gasteiger partial charge in [0.25, 0.3) is 0 Å². The summed E-state index contributed by atoms with van der Waals surface area (Å²) in [7, 11) is 0. The van der Waals surface area contributed by atoms with Crippen LogP contribution < -0.4 is 0 Å². The Morgan fingerprint density at radius 2 is 1.24 bits per heavy atom. The fraction of sp³-hybridized carbons (Fsp3) is 0.176. The molecule has 2 rings (SSSR count). The molecule has 0 atom stereocenters. The Hall–Kier alpha value is -1.82. The predicted octanol–water partition coefficient (Wildman–Crippen LogP) is 4.98. The minimum absolute atomic E-state index is 0.599. The van der Waals surface area contributed by atoms with E-state index in [1.54, 1.807) is 0 Å². The summed E-state index contributed by atoms with van der Waals surface area (Å²) in [5, 5.41) is 0. The van der Waals surface area contributed by atoms with E-state index in [0.29, 0.717) is 5.92 Å². The van der Waals surface area contributed by atoms with E-state index >= 15 is 0 Å². The molecule has 0 aromatic heterocycles. The predicted molar refractivity (Wildman–Crippen MR) is 75.9 cm³/mol. The quantitative estimate of drug-likeness (QED) is 0.642. The standard InChI is InChI=1S/C17H18/c1-14(2)17-12-10-16(11-13-17)9-8-15-6-4-3-5-7-15/h3-14H,1-2H3. The molecule has 2 aromatic rings. The third-order valence-electron chi connectivity index (χ3n) is 2.87. The molecular weight excluding hydrogens is 204 g/mol. The second kappa shape index (κ2) is 5.49. The fourth-order valence-electron chi connectivity index (χ4n) is 1.75. The zero-order valence-electron chi connectivity index (χ0n) is 10.4. The molecule has 0 heteroatoms. The van der Waals surface area contributed by atoms with E-state index < -0.39 is 0 Å². The summed E-state index contributed by atoms with van der Waals surface area (Å²) in [6, 6.07) is 19.1. The summed E-state index contributed by atoms with van der Waals surface area (Å²) in [6.07, 6.45) is 4.30. The lowest BCUT2D eigenvalue weighted by molar-refractivity contribution is 0.866. The van der Waals surface area contributed by atoms with Crippen LogP contribution in [0.1, 0.15) is 36.5 Å². The lowest BCUT2D eigenvalue weighted by atomic mass is 10.0. The summed E-state index contributed by atoms with van der Waals surface area (Å²) < 4.78 is 0. The molecule has 0 amide bonds. The molecule has 2 aromatic carbocycles. The van der Waals surface area contributed by atoms with Gasteiger partial charge in [0, 0.05) is 0 Å². The van der Waals surface area contributed by atoms with Crippen LogP contribution in [0, 0.1) is 0 Å². The van der Waals surface area contributed by atoms with Crippen LogP contribution in [0.15, 0.2) is 54.6 Å². The molecule has 0 fully saturated rings. The minimum atomic E-state index is 0.599. The molecule has 0 aliphatic carbocycles. The topological polar surface area (TPSA) is 0 Å². The molecule has 0 saturated carbocycles. The average Bonchev–Trinajstić information content (AvgIpc) is 2.38. The van der Waals surface area contributed by atoms with Gasteiger partial charge in [-0.3, -0.25) is 0 Å². The number of hydrogen-bond acceptors (Lipinski definition) is 0. The van der Waals surface area contributed by atoms with Crippen LogP contribution in [0.25, 0.3) is 12.2 Å². The molecule has 0 aliphatic rings. The van der Waals surface area contributed by atoms with Crippen molar-refractivity contribution < 1.29 is 0 Å².